The van der Waals surface area contributed by atoms with Crippen molar-refractivity contribution in [1.82, 2.24) is 15.5 Å². The van der Waals surface area contributed by atoms with E-state index < -0.39 is 24.5 Å². The molecule has 122 valence electrons. The number of carbonyl (C=O) groups excluding carboxylic acids is 2. The van der Waals surface area contributed by atoms with Crippen molar-refractivity contribution < 1.29 is 22.8 Å². The summed E-state index contributed by atoms with van der Waals surface area (Å²) in [6.45, 7) is 5.02. The Balaban J connectivity index is 2.38. The van der Waals surface area contributed by atoms with Crippen LogP contribution < -0.4 is 10.6 Å². The molecule has 0 bridgehead atoms. The highest BCUT2D eigenvalue weighted by Gasteiger charge is 2.32. The molecule has 5 nitrogen and oxygen atoms in total. The van der Waals surface area contributed by atoms with E-state index in [1.807, 2.05) is 26.1 Å². The van der Waals surface area contributed by atoms with Crippen LogP contribution >= 0.6 is 0 Å². The monoisotopic (exact) mass is 309 g/mol. The molecule has 0 radical (unpaired) electrons. The van der Waals surface area contributed by atoms with E-state index in [9.17, 15) is 22.8 Å². The fraction of sp³-hybridized carbons (Fsp3) is 0.846. The van der Waals surface area contributed by atoms with Crippen LogP contribution in [0, 0.1) is 5.92 Å². The minimum absolute atomic E-state index is 0.211. The molecule has 1 aliphatic heterocycles. The minimum atomic E-state index is -4.40. The van der Waals surface area contributed by atoms with Gasteiger partial charge in [0.05, 0.1) is 0 Å². The van der Waals surface area contributed by atoms with E-state index in [1.165, 1.54) is 0 Å². The molecule has 0 atom stereocenters. The first kappa shape index (κ1) is 17.6. The highest BCUT2D eigenvalue weighted by atomic mass is 19.4. The van der Waals surface area contributed by atoms with Crippen LogP contribution in [0.1, 0.15) is 33.6 Å². The lowest BCUT2D eigenvalue weighted by atomic mass is 9.96. The number of nitrogens with zero attached hydrogens (tertiary/aromatic N) is 1. The fourth-order valence-electron chi connectivity index (χ4n) is 2.08. The molecule has 0 aliphatic carbocycles. The summed E-state index contributed by atoms with van der Waals surface area (Å²) in [7, 11) is 0. The Bertz CT molecular complexity index is 383. The van der Waals surface area contributed by atoms with Crippen molar-refractivity contribution in [1.29, 1.82) is 0 Å². The summed E-state index contributed by atoms with van der Waals surface area (Å²) in [5, 5.41) is 4.71. The molecule has 0 spiro atoms. The summed E-state index contributed by atoms with van der Waals surface area (Å²) in [6.07, 6.45) is -3.65. The first-order valence-corrected chi connectivity index (χ1v) is 6.89. The smallest absolute Gasteiger partial charge is 0.347 e. The summed E-state index contributed by atoms with van der Waals surface area (Å²) >= 11 is 0. The molecule has 2 N–H and O–H groups in total. The standard InChI is InChI=1S/C13H22F3N3O2/c1-12(2,3)18-11(21)19-6-4-9(5-7-19)10(20)17-8-13(14,15)16/h9H,4-8H2,1-3H3,(H,17,20)(H,18,21). The zero-order valence-corrected chi connectivity index (χ0v) is 12.5. The third kappa shape index (κ3) is 6.68. The van der Waals surface area contributed by atoms with E-state index >= 15 is 0 Å². The van der Waals surface area contributed by atoms with Crippen molar-refractivity contribution in [3.05, 3.63) is 0 Å². The summed E-state index contributed by atoms with van der Waals surface area (Å²) in [5.41, 5.74) is -0.349. The van der Waals surface area contributed by atoms with Crippen LogP contribution in [-0.4, -0.2) is 48.2 Å². The van der Waals surface area contributed by atoms with E-state index in [1.54, 1.807) is 4.90 Å². The van der Waals surface area contributed by atoms with Crippen molar-refractivity contribution >= 4 is 11.9 Å². The van der Waals surface area contributed by atoms with Gasteiger partial charge in [-0.3, -0.25) is 4.79 Å². The van der Waals surface area contributed by atoms with Crippen molar-refractivity contribution in [2.45, 2.75) is 45.3 Å². The SMILES string of the molecule is CC(C)(C)NC(=O)N1CCC(C(=O)NCC(F)(F)F)CC1. The van der Waals surface area contributed by atoms with E-state index in [-0.39, 0.29) is 11.6 Å². The van der Waals surface area contributed by atoms with Crippen molar-refractivity contribution in [3.8, 4) is 0 Å². The van der Waals surface area contributed by atoms with Gasteiger partial charge in [0, 0.05) is 24.5 Å². The Morgan fingerprint density at radius 1 is 1.14 bits per heavy atom. The fourth-order valence-corrected chi connectivity index (χ4v) is 2.08. The van der Waals surface area contributed by atoms with Gasteiger partial charge in [-0.15, -0.1) is 0 Å². The second-order valence-corrected chi connectivity index (χ2v) is 6.27. The Hall–Kier alpha value is -1.47. The molecular weight excluding hydrogens is 287 g/mol. The van der Waals surface area contributed by atoms with Gasteiger partial charge in [0.2, 0.25) is 5.91 Å². The molecule has 0 aromatic rings. The normalized spacial score (nSPS) is 17.5. The quantitative estimate of drug-likeness (QED) is 0.818. The summed E-state index contributed by atoms with van der Waals surface area (Å²) in [6, 6.07) is -0.211. The van der Waals surface area contributed by atoms with Gasteiger partial charge < -0.3 is 15.5 Å². The number of amides is 3. The van der Waals surface area contributed by atoms with Gasteiger partial charge in [-0.25, -0.2) is 4.79 Å². The van der Waals surface area contributed by atoms with Crippen molar-refractivity contribution in [2.75, 3.05) is 19.6 Å². The first-order chi connectivity index (χ1) is 9.48. The van der Waals surface area contributed by atoms with Gasteiger partial charge >= 0.3 is 12.2 Å². The molecule has 8 heteroatoms. The lowest BCUT2D eigenvalue weighted by Crippen LogP contribution is -2.52. The molecule has 1 saturated heterocycles. The van der Waals surface area contributed by atoms with Gasteiger partial charge in [-0.05, 0) is 33.6 Å². The Labute approximate surface area is 122 Å². The number of alkyl halides is 3. The van der Waals surface area contributed by atoms with Gasteiger partial charge in [-0.2, -0.15) is 13.2 Å². The second-order valence-electron chi connectivity index (χ2n) is 6.27. The van der Waals surface area contributed by atoms with Crippen LogP contribution in [0.4, 0.5) is 18.0 Å². The molecule has 1 heterocycles. The Kier molecular flexibility index (Phi) is 5.47. The van der Waals surface area contributed by atoms with Gasteiger partial charge in [0.15, 0.2) is 0 Å². The lowest BCUT2D eigenvalue weighted by Gasteiger charge is -2.33. The zero-order valence-electron chi connectivity index (χ0n) is 12.5. The molecular formula is C13H22F3N3O2. The third-order valence-electron chi connectivity index (χ3n) is 3.10. The van der Waals surface area contributed by atoms with E-state index in [0.717, 1.165) is 0 Å². The van der Waals surface area contributed by atoms with Crippen molar-refractivity contribution in [2.24, 2.45) is 5.92 Å². The van der Waals surface area contributed by atoms with Gasteiger partial charge in [-0.1, -0.05) is 0 Å². The molecule has 0 aromatic heterocycles. The zero-order chi connectivity index (χ0) is 16.3. The van der Waals surface area contributed by atoms with Crippen LogP contribution in [0.25, 0.3) is 0 Å². The number of nitrogens with one attached hydrogen (secondary N) is 2. The second kappa shape index (κ2) is 6.53. The predicted octanol–water partition coefficient (Wildman–Crippen LogP) is 1.89. The number of likely N-dealkylation sites (tertiary alicyclic amines) is 1. The topological polar surface area (TPSA) is 61.4 Å². The number of hydrogen-bond donors (Lipinski definition) is 2. The average molecular weight is 309 g/mol. The van der Waals surface area contributed by atoms with E-state index in [2.05, 4.69) is 5.32 Å². The number of piperidine rings is 1. The molecule has 21 heavy (non-hydrogen) atoms. The third-order valence-corrected chi connectivity index (χ3v) is 3.10. The van der Waals surface area contributed by atoms with Crippen LogP contribution in [0.15, 0.2) is 0 Å². The number of rotatable bonds is 2. The molecule has 3 amide bonds. The van der Waals surface area contributed by atoms with Crippen LogP contribution in [-0.2, 0) is 4.79 Å². The average Bonchev–Trinajstić information content (AvgIpc) is 2.33. The number of urea groups is 1. The summed E-state index contributed by atoms with van der Waals surface area (Å²) in [4.78, 5) is 25.1. The maximum absolute atomic E-state index is 12.0. The number of hydrogen-bond acceptors (Lipinski definition) is 2. The highest BCUT2D eigenvalue weighted by Crippen LogP contribution is 2.19. The van der Waals surface area contributed by atoms with Crippen LogP contribution in [0.5, 0.6) is 0 Å². The minimum Gasteiger partial charge on any atom is -0.347 e. The molecule has 0 saturated carbocycles. The first-order valence-electron chi connectivity index (χ1n) is 6.89. The molecule has 1 rings (SSSR count). The van der Waals surface area contributed by atoms with E-state index in [4.69, 9.17) is 0 Å². The lowest BCUT2D eigenvalue weighted by molar-refractivity contribution is -0.141. The summed E-state index contributed by atoms with van der Waals surface area (Å²) in [5.74, 6) is -1.06. The van der Waals surface area contributed by atoms with Gasteiger partial charge in [0.25, 0.3) is 0 Å². The maximum atomic E-state index is 12.0. The van der Waals surface area contributed by atoms with Crippen molar-refractivity contribution in [3.63, 3.8) is 0 Å². The predicted molar refractivity (Wildman–Crippen MR) is 71.6 cm³/mol. The molecule has 0 aromatic carbocycles. The van der Waals surface area contributed by atoms with Crippen LogP contribution in [0.3, 0.4) is 0 Å². The molecule has 0 unspecified atom stereocenters. The Morgan fingerprint density at radius 2 is 1.67 bits per heavy atom. The van der Waals surface area contributed by atoms with E-state index in [0.29, 0.717) is 25.9 Å². The largest absolute Gasteiger partial charge is 0.405 e. The molecule has 1 aliphatic rings. The summed E-state index contributed by atoms with van der Waals surface area (Å²) < 4.78 is 36.1. The number of carbonyl (C=O) groups is 2. The Morgan fingerprint density at radius 3 is 2.10 bits per heavy atom. The van der Waals surface area contributed by atoms with Gasteiger partial charge in [0.1, 0.15) is 6.54 Å². The van der Waals surface area contributed by atoms with Crippen LogP contribution in [0.2, 0.25) is 0 Å². The highest BCUT2D eigenvalue weighted by molar-refractivity contribution is 5.79. The number of halogens is 3. The molecule has 1 fully saturated rings. The maximum Gasteiger partial charge on any atom is 0.405 e.